The summed E-state index contributed by atoms with van der Waals surface area (Å²) in [6.07, 6.45) is 0.729. The highest BCUT2D eigenvalue weighted by molar-refractivity contribution is 4.61. The van der Waals surface area contributed by atoms with Crippen LogP contribution in [0.1, 0.15) is 20.3 Å². The first-order valence-corrected chi connectivity index (χ1v) is 5.65. The molecule has 0 aromatic rings. The van der Waals surface area contributed by atoms with Gasteiger partial charge in [0.25, 0.3) is 0 Å². The molecule has 1 atom stereocenters. The molecule has 92 valence electrons. The van der Waals surface area contributed by atoms with Crippen LogP contribution in [-0.2, 0) is 4.74 Å². The minimum Gasteiger partial charge on any atom is -0.389 e. The van der Waals surface area contributed by atoms with Crippen molar-refractivity contribution in [1.29, 1.82) is 0 Å². The van der Waals surface area contributed by atoms with Crippen LogP contribution in [0.4, 0.5) is 0 Å². The van der Waals surface area contributed by atoms with Crippen molar-refractivity contribution in [3.05, 3.63) is 0 Å². The second kappa shape index (κ2) is 9.09. The molecule has 0 aliphatic carbocycles. The van der Waals surface area contributed by atoms with E-state index in [0.29, 0.717) is 19.2 Å². The van der Waals surface area contributed by atoms with E-state index in [4.69, 9.17) is 4.74 Å². The molecule has 0 saturated heterocycles. The molecule has 1 unspecified atom stereocenters. The van der Waals surface area contributed by atoms with E-state index in [1.54, 1.807) is 7.11 Å². The third-order valence-corrected chi connectivity index (χ3v) is 2.15. The standard InChI is InChI=1S/C11H26N2O2/c1-10(2)12-6-5-7-13(3)8-11(14)9-15-4/h10-12,14H,5-9H2,1-4H3. The van der Waals surface area contributed by atoms with Gasteiger partial charge in [0, 0.05) is 19.7 Å². The summed E-state index contributed by atoms with van der Waals surface area (Å²) in [4.78, 5) is 2.13. The van der Waals surface area contributed by atoms with Crippen molar-refractivity contribution in [3.63, 3.8) is 0 Å². The fraction of sp³-hybridized carbons (Fsp3) is 1.00. The van der Waals surface area contributed by atoms with E-state index in [0.717, 1.165) is 19.5 Å². The second-order valence-corrected chi connectivity index (χ2v) is 4.33. The number of nitrogens with one attached hydrogen (secondary N) is 1. The van der Waals surface area contributed by atoms with Crippen molar-refractivity contribution in [2.45, 2.75) is 32.4 Å². The van der Waals surface area contributed by atoms with E-state index in [1.165, 1.54) is 0 Å². The zero-order valence-electron chi connectivity index (χ0n) is 10.5. The summed E-state index contributed by atoms with van der Waals surface area (Å²) >= 11 is 0. The molecule has 0 spiro atoms. The Bertz CT molecular complexity index is 143. The second-order valence-electron chi connectivity index (χ2n) is 4.33. The first kappa shape index (κ1) is 14.8. The van der Waals surface area contributed by atoms with E-state index in [9.17, 15) is 5.11 Å². The Morgan fingerprint density at radius 2 is 2.07 bits per heavy atom. The number of likely N-dealkylation sites (N-methyl/N-ethyl adjacent to an activating group) is 1. The fourth-order valence-electron chi connectivity index (χ4n) is 1.44. The van der Waals surface area contributed by atoms with Gasteiger partial charge < -0.3 is 20.1 Å². The largest absolute Gasteiger partial charge is 0.389 e. The molecule has 0 aliphatic rings. The van der Waals surface area contributed by atoms with Gasteiger partial charge in [-0.2, -0.15) is 0 Å². The van der Waals surface area contributed by atoms with Crippen LogP contribution < -0.4 is 5.32 Å². The maximum absolute atomic E-state index is 9.48. The Balaban J connectivity index is 3.36. The lowest BCUT2D eigenvalue weighted by atomic mass is 10.3. The molecule has 0 aromatic carbocycles. The fourth-order valence-corrected chi connectivity index (χ4v) is 1.44. The Morgan fingerprint density at radius 3 is 2.60 bits per heavy atom. The molecule has 0 radical (unpaired) electrons. The summed E-state index contributed by atoms with van der Waals surface area (Å²) in [7, 11) is 3.63. The predicted octanol–water partition coefficient (Wildman–Crippen LogP) is 0.314. The molecule has 2 N–H and O–H groups in total. The third-order valence-electron chi connectivity index (χ3n) is 2.15. The molecule has 4 heteroatoms. The average molecular weight is 218 g/mol. The Kier molecular flexibility index (Phi) is 9.00. The number of aliphatic hydroxyl groups is 1. The molecule has 0 saturated carbocycles. The van der Waals surface area contributed by atoms with E-state index < -0.39 is 0 Å². The molecular formula is C11H26N2O2. The van der Waals surface area contributed by atoms with Gasteiger partial charge in [0.05, 0.1) is 12.7 Å². The maximum Gasteiger partial charge on any atom is 0.0899 e. The zero-order valence-corrected chi connectivity index (χ0v) is 10.5. The topological polar surface area (TPSA) is 44.7 Å². The van der Waals surface area contributed by atoms with E-state index in [2.05, 4.69) is 24.1 Å². The van der Waals surface area contributed by atoms with E-state index in [-0.39, 0.29) is 6.10 Å². The SMILES string of the molecule is COCC(O)CN(C)CCCNC(C)C. The molecule has 4 nitrogen and oxygen atoms in total. The quantitative estimate of drug-likeness (QED) is 0.547. The van der Waals surface area contributed by atoms with Gasteiger partial charge in [-0.15, -0.1) is 0 Å². The predicted molar refractivity (Wildman–Crippen MR) is 63.1 cm³/mol. The monoisotopic (exact) mass is 218 g/mol. The van der Waals surface area contributed by atoms with Gasteiger partial charge in [-0.25, -0.2) is 0 Å². The van der Waals surface area contributed by atoms with E-state index >= 15 is 0 Å². The number of rotatable bonds is 9. The molecule has 0 fully saturated rings. The lowest BCUT2D eigenvalue weighted by molar-refractivity contribution is 0.0431. The van der Waals surface area contributed by atoms with Gasteiger partial charge in [0.1, 0.15) is 0 Å². The van der Waals surface area contributed by atoms with Crippen LogP contribution in [0.2, 0.25) is 0 Å². The molecule has 0 amide bonds. The van der Waals surface area contributed by atoms with Gasteiger partial charge in [-0.05, 0) is 26.6 Å². The Labute approximate surface area is 93.6 Å². The average Bonchev–Trinajstić information content (AvgIpc) is 2.12. The van der Waals surface area contributed by atoms with Crippen molar-refractivity contribution < 1.29 is 9.84 Å². The number of methoxy groups -OCH3 is 1. The van der Waals surface area contributed by atoms with Crippen LogP contribution in [0, 0.1) is 0 Å². The van der Waals surface area contributed by atoms with Crippen molar-refractivity contribution in [2.75, 3.05) is 40.4 Å². The first-order chi connectivity index (χ1) is 7.06. The van der Waals surface area contributed by atoms with Crippen LogP contribution in [0.25, 0.3) is 0 Å². The van der Waals surface area contributed by atoms with Crippen LogP contribution in [0.3, 0.4) is 0 Å². The van der Waals surface area contributed by atoms with Crippen LogP contribution in [0.5, 0.6) is 0 Å². The van der Waals surface area contributed by atoms with Gasteiger partial charge in [-0.3, -0.25) is 0 Å². The van der Waals surface area contributed by atoms with Crippen LogP contribution >= 0.6 is 0 Å². The maximum atomic E-state index is 9.48. The normalized spacial score (nSPS) is 13.8. The molecule has 15 heavy (non-hydrogen) atoms. The smallest absolute Gasteiger partial charge is 0.0899 e. The lowest BCUT2D eigenvalue weighted by Gasteiger charge is -2.20. The number of ether oxygens (including phenoxy) is 1. The number of nitrogens with zero attached hydrogens (tertiary/aromatic N) is 1. The molecule has 0 heterocycles. The minimum atomic E-state index is -0.377. The molecule has 0 rings (SSSR count). The highest BCUT2D eigenvalue weighted by Crippen LogP contribution is 1.92. The van der Waals surface area contributed by atoms with Gasteiger partial charge in [0.15, 0.2) is 0 Å². The van der Waals surface area contributed by atoms with Crippen molar-refractivity contribution in [3.8, 4) is 0 Å². The van der Waals surface area contributed by atoms with Crippen molar-refractivity contribution in [2.24, 2.45) is 0 Å². The molecule has 0 aromatic heterocycles. The summed E-state index contributed by atoms with van der Waals surface area (Å²) in [6.45, 7) is 7.41. The van der Waals surface area contributed by atoms with Crippen LogP contribution in [0.15, 0.2) is 0 Å². The lowest BCUT2D eigenvalue weighted by Crippen LogP contribution is -2.34. The van der Waals surface area contributed by atoms with Crippen molar-refractivity contribution >= 4 is 0 Å². The van der Waals surface area contributed by atoms with Crippen molar-refractivity contribution in [1.82, 2.24) is 10.2 Å². The zero-order chi connectivity index (χ0) is 11.7. The Morgan fingerprint density at radius 1 is 1.40 bits per heavy atom. The summed E-state index contributed by atoms with van der Waals surface area (Å²) in [6, 6.07) is 0.550. The summed E-state index contributed by atoms with van der Waals surface area (Å²) in [5.41, 5.74) is 0. The first-order valence-electron chi connectivity index (χ1n) is 5.65. The van der Waals surface area contributed by atoms with Gasteiger partial charge in [0.2, 0.25) is 0 Å². The highest BCUT2D eigenvalue weighted by Gasteiger charge is 2.06. The third kappa shape index (κ3) is 10.1. The van der Waals surface area contributed by atoms with Crippen LogP contribution in [-0.4, -0.2) is 62.6 Å². The molecule has 0 bridgehead atoms. The van der Waals surface area contributed by atoms with Gasteiger partial charge >= 0.3 is 0 Å². The van der Waals surface area contributed by atoms with Gasteiger partial charge in [-0.1, -0.05) is 13.8 Å². The number of hydrogen-bond acceptors (Lipinski definition) is 4. The minimum absolute atomic E-state index is 0.377. The number of hydrogen-bond donors (Lipinski definition) is 2. The molecule has 0 aliphatic heterocycles. The highest BCUT2D eigenvalue weighted by atomic mass is 16.5. The van der Waals surface area contributed by atoms with E-state index in [1.807, 2.05) is 7.05 Å². The summed E-state index contributed by atoms with van der Waals surface area (Å²) < 4.78 is 4.87. The molecular weight excluding hydrogens is 192 g/mol. The summed E-state index contributed by atoms with van der Waals surface area (Å²) in [5, 5.41) is 12.8. The summed E-state index contributed by atoms with van der Waals surface area (Å²) in [5.74, 6) is 0. The number of aliphatic hydroxyl groups excluding tert-OH is 1. The Hall–Kier alpha value is -0.160.